The molecule has 0 aliphatic heterocycles. The zero-order chi connectivity index (χ0) is 36.1. The van der Waals surface area contributed by atoms with Crippen molar-refractivity contribution in [1.29, 1.82) is 0 Å². The molecule has 50 heavy (non-hydrogen) atoms. The highest BCUT2D eigenvalue weighted by molar-refractivity contribution is 6.02. The molecule has 0 radical (unpaired) electrons. The first-order chi connectivity index (χ1) is 23.7. The van der Waals surface area contributed by atoms with Crippen LogP contribution in [-0.2, 0) is 24.4 Å². The zero-order valence-electron chi connectivity index (χ0n) is 26.8. The van der Waals surface area contributed by atoms with E-state index in [1.807, 2.05) is 0 Å². The minimum Gasteiger partial charge on any atom is -0.480 e. The number of amides is 1. The molecule has 2 aromatic heterocycles. The van der Waals surface area contributed by atoms with Gasteiger partial charge in [0.05, 0.1) is 16.6 Å². The third-order valence-electron chi connectivity index (χ3n) is 8.83. The molecule has 2 heterocycles. The van der Waals surface area contributed by atoms with Crippen LogP contribution in [0.2, 0.25) is 0 Å². The number of para-hydroxylation sites is 1. The summed E-state index contributed by atoms with van der Waals surface area (Å²) in [6, 6.07) is 16.6. The lowest BCUT2D eigenvalue weighted by Crippen LogP contribution is -2.43. The number of fused-ring (bicyclic) bond motifs is 2. The Bertz CT molecular complexity index is 2400. The van der Waals surface area contributed by atoms with Gasteiger partial charge in [0.15, 0.2) is 0 Å². The zero-order valence-corrected chi connectivity index (χ0v) is 26.8. The summed E-state index contributed by atoms with van der Waals surface area (Å²) in [6.45, 7) is 3.33. The average molecular weight is 686 g/mol. The lowest BCUT2D eigenvalue weighted by Gasteiger charge is -2.20. The van der Waals surface area contributed by atoms with Crippen molar-refractivity contribution in [2.75, 3.05) is 0 Å². The van der Waals surface area contributed by atoms with Gasteiger partial charge >= 0.3 is 12.1 Å². The SMILES string of the molecule is Cc1ccnc(C)c1-c1ccc(F)c(C(=O)NC(Cc2cccc3c(-c4c(C(F)(F)F)c5ccccc5n(C)c4=O)cccc23)C(=O)O)c1F. The number of nitrogens with one attached hydrogen (secondary N) is 1. The molecule has 0 fully saturated rings. The van der Waals surface area contributed by atoms with Gasteiger partial charge in [-0.15, -0.1) is 0 Å². The monoisotopic (exact) mass is 685 g/mol. The summed E-state index contributed by atoms with van der Waals surface area (Å²) in [5, 5.41) is 12.7. The van der Waals surface area contributed by atoms with Gasteiger partial charge in [-0.2, -0.15) is 13.2 Å². The highest BCUT2D eigenvalue weighted by Crippen LogP contribution is 2.42. The molecule has 1 amide bonds. The molecule has 4 aromatic carbocycles. The minimum atomic E-state index is -4.91. The van der Waals surface area contributed by atoms with Crippen LogP contribution in [0, 0.1) is 25.5 Å². The number of carbonyl (C=O) groups is 2. The number of rotatable bonds is 7. The van der Waals surface area contributed by atoms with E-state index in [9.17, 15) is 37.1 Å². The number of hydrogen-bond donors (Lipinski definition) is 2. The number of alkyl halides is 3. The molecule has 0 bridgehead atoms. The molecule has 6 rings (SSSR count). The third kappa shape index (κ3) is 5.86. The number of aryl methyl sites for hydroxylation is 3. The summed E-state index contributed by atoms with van der Waals surface area (Å²) >= 11 is 0. The second kappa shape index (κ2) is 12.8. The quantitative estimate of drug-likeness (QED) is 0.167. The number of carboxylic acid groups (broad SMARTS) is 1. The lowest BCUT2D eigenvalue weighted by atomic mass is 9.90. The number of nitrogens with zero attached hydrogens (tertiary/aromatic N) is 2. The first kappa shape index (κ1) is 34.0. The van der Waals surface area contributed by atoms with Crippen LogP contribution in [0.25, 0.3) is 43.9 Å². The normalized spacial score (nSPS) is 12.3. The second-order valence-electron chi connectivity index (χ2n) is 11.9. The molecular formula is C38H28F5N3O4. The number of carbonyl (C=O) groups excluding carboxylic acids is 1. The maximum atomic E-state index is 15.8. The molecule has 1 atom stereocenters. The van der Waals surface area contributed by atoms with Crippen molar-refractivity contribution in [3.05, 3.63) is 135 Å². The van der Waals surface area contributed by atoms with Crippen molar-refractivity contribution in [2.45, 2.75) is 32.5 Å². The van der Waals surface area contributed by atoms with Crippen molar-refractivity contribution in [3.8, 4) is 22.3 Å². The second-order valence-corrected chi connectivity index (χ2v) is 11.9. The van der Waals surface area contributed by atoms with E-state index in [0.717, 1.165) is 10.6 Å². The molecule has 2 N–H and O–H groups in total. The molecule has 0 aliphatic rings. The first-order valence-electron chi connectivity index (χ1n) is 15.3. The third-order valence-corrected chi connectivity index (χ3v) is 8.83. The van der Waals surface area contributed by atoms with Crippen LogP contribution >= 0.6 is 0 Å². The summed E-state index contributed by atoms with van der Waals surface area (Å²) in [7, 11) is 1.38. The van der Waals surface area contributed by atoms with Gasteiger partial charge in [0, 0.05) is 41.9 Å². The molecule has 0 aliphatic carbocycles. The fraction of sp³-hybridized carbons (Fsp3) is 0.158. The molecule has 254 valence electrons. The van der Waals surface area contributed by atoms with Gasteiger partial charge in [0.25, 0.3) is 11.5 Å². The number of halogens is 5. The smallest absolute Gasteiger partial charge is 0.417 e. The van der Waals surface area contributed by atoms with E-state index < -0.39 is 64.4 Å². The van der Waals surface area contributed by atoms with Gasteiger partial charge in [0.1, 0.15) is 23.2 Å². The van der Waals surface area contributed by atoms with Gasteiger partial charge in [0.2, 0.25) is 0 Å². The number of benzene rings is 4. The molecule has 0 spiro atoms. The summed E-state index contributed by atoms with van der Waals surface area (Å²) in [5.41, 5.74) is -1.86. The van der Waals surface area contributed by atoms with Crippen LogP contribution < -0.4 is 10.9 Å². The number of hydrogen-bond acceptors (Lipinski definition) is 4. The van der Waals surface area contributed by atoms with Gasteiger partial charge in [-0.3, -0.25) is 14.6 Å². The van der Waals surface area contributed by atoms with Crippen molar-refractivity contribution < 1.29 is 36.6 Å². The fourth-order valence-corrected chi connectivity index (χ4v) is 6.52. The van der Waals surface area contributed by atoms with Crippen molar-refractivity contribution >= 4 is 33.6 Å². The van der Waals surface area contributed by atoms with Crippen molar-refractivity contribution in [1.82, 2.24) is 14.9 Å². The highest BCUT2D eigenvalue weighted by atomic mass is 19.4. The Labute approximate surface area is 281 Å². The summed E-state index contributed by atoms with van der Waals surface area (Å²) in [6.07, 6.45) is -3.79. The molecule has 6 aromatic rings. The predicted octanol–water partition coefficient (Wildman–Crippen LogP) is 7.76. The number of carboxylic acids is 1. The molecule has 0 saturated heterocycles. The van der Waals surface area contributed by atoms with E-state index in [1.165, 1.54) is 73.9 Å². The van der Waals surface area contributed by atoms with Crippen LogP contribution in [0.1, 0.15) is 32.7 Å². The van der Waals surface area contributed by atoms with E-state index in [4.69, 9.17) is 0 Å². The van der Waals surface area contributed by atoms with Gasteiger partial charge < -0.3 is 15.0 Å². The maximum absolute atomic E-state index is 15.8. The predicted molar refractivity (Wildman–Crippen MR) is 179 cm³/mol. The number of aliphatic carboxylic acids is 1. The van der Waals surface area contributed by atoms with Crippen molar-refractivity contribution in [3.63, 3.8) is 0 Å². The van der Waals surface area contributed by atoms with Gasteiger partial charge in [-0.05, 0) is 65.6 Å². The fourth-order valence-electron chi connectivity index (χ4n) is 6.52. The van der Waals surface area contributed by atoms with E-state index in [1.54, 1.807) is 26.0 Å². The molecular weight excluding hydrogens is 657 g/mol. The Morgan fingerprint density at radius 1 is 0.860 bits per heavy atom. The summed E-state index contributed by atoms with van der Waals surface area (Å²) in [5.74, 6) is -5.24. The summed E-state index contributed by atoms with van der Waals surface area (Å²) < 4.78 is 76.0. The first-order valence-corrected chi connectivity index (χ1v) is 15.3. The summed E-state index contributed by atoms with van der Waals surface area (Å²) in [4.78, 5) is 43.5. The Morgan fingerprint density at radius 3 is 2.24 bits per heavy atom. The highest BCUT2D eigenvalue weighted by Gasteiger charge is 2.38. The van der Waals surface area contributed by atoms with E-state index in [2.05, 4.69) is 10.3 Å². The van der Waals surface area contributed by atoms with Crippen LogP contribution in [0.3, 0.4) is 0 Å². The lowest BCUT2D eigenvalue weighted by molar-refractivity contribution is -0.139. The Hall–Kier alpha value is -5.91. The Morgan fingerprint density at radius 2 is 1.54 bits per heavy atom. The topological polar surface area (TPSA) is 101 Å². The van der Waals surface area contributed by atoms with Crippen LogP contribution in [0.5, 0.6) is 0 Å². The van der Waals surface area contributed by atoms with E-state index >= 15 is 4.39 Å². The van der Waals surface area contributed by atoms with Gasteiger partial charge in [-0.1, -0.05) is 54.6 Å². The molecule has 7 nitrogen and oxygen atoms in total. The Kier molecular flexibility index (Phi) is 8.73. The minimum absolute atomic E-state index is 0.0270. The Balaban J connectivity index is 1.42. The van der Waals surface area contributed by atoms with Gasteiger partial charge in [-0.25, -0.2) is 13.6 Å². The van der Waals surface area contributed by atoms with Crippen LogP contribution in [0.4, 0.5) is 22.0 Å². The van der Waals surface area contributed by atoms with Crippen molar-refractivity contribution in [2.24, 2.45) is 7.05 Å². The van der Waals surface area contributed by atoms with E-state index in [-0.39, 0.29) is 27.4 Å². The average Bonchev–Trinajstić information content (AvgIpc) is 3.06. The number of aromatic nitrogens is 2. The maximum Gasteiger partial charge on any atom is 0.417 e. The standard InChI is InChI=1S/C38H28F5N3O4/c1-19-16-17-44-20(2)30(19)26-14-15-27(39)32(34(26)40)35(47)45-28(37(49)50)18-21-8-6-11-23-22(21)10-7-12-24(23)31-33(38(41,42)43)25-9-4-5-13-29(25)46(3)36(31)48/h4-17,28H,18H2,1-3H3,(H,45,47)(H,49,50). The largest absolute Gasteiger partial charge is 0.480 e. The molecule has 0 saturated carbocycles. The van der Waals surface area contributed by atoms with Crippen LogP contribution in [0.15, 0.2) is 89.9 Å². The molecule has 12 heteroatoms. The van der Waals surface area contributed by atoms with Crippen LogP contribution in [-0.4, -0.2) is 32.6 Å². The molecule has 1 unspecified atom stereocenters. The van der Waals surface area contributed by atoms with E-state index in [0.29, 0.717) is 27.8 Å². The number of pyridine rings is 2.